The van der Waals surface area contributed by atoms with Gasteiger partial charge in [0.05, 0.1) is 11.9 Å². The summed E-state index contributed by atoms with van der Waals surface area (Å²) in [6.45, 7) is 10.5. The van der Waals surface area contributed by atoms with Crippen molar-refractivity contribution in [3.8, 4) is 0 Å². The van der Waals surface area contributed by atoms with Crippen LogP contribution in [-0.4, -0.2) is 43.7 Å². The molecule has 3 rings (SSSR count). The molecule has 0 saturated carbocycles. The van der Waals surface area contributed by atoms with Gasteiger partial charge in [-0.3, -0.25) is 9.10 Å². The van der Waals surface area contributed by atoms with Crippen molar-refractivity contribution in [3.05, 3.63) is 29.3 Å². The Morgan fingerprint density at radius 1 is 1.19 bits per heavy atom. The quantitative estimate of drug-likeness (QED) is 0.827. The van der Waals surface area contributed by atoms with E-state index in [-0.39, 0.29) is 29.1 Å². The fraction of sp³-hybridized carbons (Fsp3) is 0.650. The maximum absolute atomic E-state index is 12.8. The van der Waals surface area contributed by atoms with Crippen molar-refractivity contribution in [2.24, 2.45) is 0 Å². The van der Waals surface area contributed by atoms with E-state index in [0.717, 1.165) is 18.4 Å². The molecule has 1 amide bonds. The van der Waals surface area contributed by atoms with Gasteiger partial charge >= 0.3 is 0 Å². The molecule has 2 N–H and O–H groups in total. The number of hydrogen-bond donors (Lipinski definition) is 2. The predicted octanol–water partition coefficient (Wildman–Crippen LogP) is 2.44. The van der Waals surface area contributed by atoms with Crippen molar-refractivity contribution in [2.75, 3.05) is 10.6 Å². The molecule has 7 heteroatoms. The Hall–Kier alpha value is -1.60. The van der Waals surface area contributed by atoms with Gasteiger partial charge in [0, 0.05) is 28.7 Å². The molecule has 1 atom stereocenters. The minimum atomic E-state index is -3.32. The lowest BCUT2D eigenvalue weighted by Gasteiger charge is -2.46. The maximum atomic E-state index is 12.8. The molecular formula is C20H31N3O3S. The molecule has 0 bridgehead atoms. The van der Waals surface area contributed by atoms with Crippen LogP contribution in [0.15, 0.2) is 18.2 Å². The third-order valence-corrected chi connectivity index (χ3v) is 6.65. The summed E-state index contributed by atoms with van der Waals surface area (Å²) < 4.78 is 25.5. The van der Waals surface area contributed by atoms with Gasteiger partial charge in [-0.25, -0.2) is 8.42 Å². The van der Waals surface area contributed by atoms with Crippen molar-refractivity contribution in [1.82, 2.24) is 10.6 Å². The first-order chi connectivity index (χ1) is 12.3. The van der Waals surface area contributed by atoms with Gasteiger partial charge in [-0.1, -0.05) is 0 Å². The zero-order valence-corrected chi connectivity index (χ0v) is 17.9. The smallest absolute Gasteiger partial charge is 0.251 e. The second kappa shape index (κ2) is 6.48. The lowest BCUT2D eigenvalue weighted by Crippen LogP contribution is -2.62. The van der Waals surface area contributed by atoms with Crippen LogP contribution in [0, 0.1) is 0 Å². The number of carbonyl (C=O) groups is 1. The number of piperidine rings is 1. The van der Waals surface area contributed by atoms with Crippen LogP contribution in [-0.2, 0) is 16.4 Å². The molecule has 150 valence electrons. The van der Waals surface area contributed by atoms with Gasteiger partial charge in [0.15, 0.2) is 0 Å². The van der Waals surface area contributed by atoms with E-state index in [0.29, 0.717) is 17.7 Å². The average Bonchev–Trinajstić information content (AvgIpc) is 2.78. The standard InChI is InChI=1S/C20H31N3O3S/c1-13-9-15-10-14(7-8-17(15)23(13)27(6,25)26)18(24)21-16-11-19(2,3)22-20(4,5)12-16/h7-8,10,13,16,22H,9,11-12H2,1-6H3,(H,21,24)/t13-/m1/s1. The highest BCUT2D eigenvalue weighted by Crippen LogP contribution is 2.35. The van der Waals surface area contributed by atoms with Gasteiger partial charge in [0.25, 0.3) is 5.91 Å². The lowest BCUT2D eigenvalue weighted by molar-refractivity contribution is 0.0873. The summed E-state index contributed by atoms with van der Waals surface area (Å²) in [5.41, 5.74) is 2.11. The summed E-state index contributed by atoms with van der Waals surface area (Å²) in [4.78, 5) is 12.8. The molecule has 27 heavy (non-hydrogen) atoms. The normalized spacial score (nSPS) is 24.5. The Labute approximate surface area is 162 Å². The molecule has 2 aliphatic heterocycles. The highest BCUT2D eigenvalue weighted by molar-refractivity contribution is 7.92. The fourth-order valence-electron chi connectivity index (χ4n) is 4.94. The summed E-state index contributed by atoms with van der Waals surface area (Å²) >= 11 is 0. The number of nitrogens with zero attached hydrogens (tertiary/aromatic N) is 1. The minimum Gasteiger partial charge on any atom is -0.349 e. The van der Waals surface area contributed by atoms with Gasteiger partial charge in [-0.15, -0.1) is 0 Å². The maximum Gasteiger partial charge on any atom is 0.251 e. The third kappa shape index (κ3) is 4.29. The van der Waals surface area contributed by atoms with Crippen LogP contribution in [0.5, 0.6) is 0 Å². The van der Waals surface area contributed by atoms with Crippen LogP contribution in [0.2, 0.25) is 0 Å². The SMILES string of the molecule is C[C@@H]1Cc2cc(C(=O)NC3CC(C)(C)NC(C)(C)C3)ccc2N1S(C)(=O)=O. The van der Waals surface area contributed by atoms with Crippen LogP contribution in [0.4, 0.5) is 5.69 Å². The first kappa shape index (κ1) is 20.1. The van der Waals surface area contributed by atoms with Crippen LogP contribution < -0.4 is 14.9 Å². The molecule has 1 fully saturated rings. The number of nitrogens with one attached hydrogen (secondary N) is 2. The Balaban J connectivity index is 1.79. The summed E-state index contributed by atoms with van der Waals surface area (Å²) in [5, 5.41) is 6.80. The molecule has 2 heterocycles. The van der Waals surface area contributed by atoms with E-state index in [1.165, 1.54) is 10.6 Å². The van der Waals surface area contributed by atoms with Gasteiger partial charge in [0.2, 0.25) is 10.0 Å². The zero-order valence-electron chi connectivity index (χ0n) is 17.1. The number of fused-ring (bicyclic) bond motifs is 1. The van der Waals surface area contributed by atoms with Crippen molar-refractivity contribution >= 4 is 21.6 Å². The molecule has 0 aromatic heterocycles. The third-order valence-electron chi connectivity index (χ3n) is 5.38. The van der Waals surface area contributed by atoms with E-state index in [2.05, 4.69) is 38.3 Å². The second-order valence-corrected chi connectivity index (χ2v) is 11.3. The molecule has 2 aliphatic rings. The van der Waals surface area contributed by atoms with Gasteiger partial charge in [-0.05, 0) is 77.6 Å². The summed E-state index contributed by atoms with van der Waals surface area (Å²) in [5.74, 6) is -0.0956. The predicted molar refractivity (Wildman–Crippen MR) is 109 cm³/mol. The van der Waals surface area contributed by atoms with Crippen molar-refractivity contribution in [3.63, 3.8) is 0 Å². The number of benzene rings is 1. The average molecular weight is 394 g/mol. The number of hydrogen-bond acceptors (Lipinski definition) is 4. The summed E-state index contributed by atoms with van der Waals surface area (Å²) in [7, 11) is -3.32. The Morgan fingerprint density at radius 3 is 2.33 bits per heavy atom. The molecule has 0 aliphatic carbocycles. The molecule has 1 saturated heterocycles. The zero-order chi connectivity index (χ0) is 20.2. The van der Waals surface area contributed by atoms with Crippen LogP contribution in [0.25, 0.3) is 0 Å². The number of carbonyl (C=O) groups excluding carboxylic acids is 1. The molecule has 6 nitrogen and oxygen atoms in total. The molecule has 1 aromatic carbocycles. The Kier molecular flexibility index (Phi) is 4.84. The van der Waals surface area contributed by atoms with Crippen LogP contribution in [0.3, 0.4) is 0 Å². The van der Waals surface area contributed by atoms with E-state index in [9.17, 15) is 13.2 Å². The van der Waals surface area contributed by atoms with E-state index in [1.807, 2.05) is 13.0 Å². The molecule has 1 aromatic rings. The van der Waals surface area contributed by atoms with E-state index >= 15 is 0 Å². The second-order valence-electron chi connectivity index (χ2n) is 9.43. The topological polar surface area (TPSA) is 78.5 Å². The number of rotatable bonds is 3. The molecular weight excluding hydrogens is 362 g/mol. The number of amides is 1. The summed E-state index contributed by atoms with van der Waals surface area (Å²) in [6, 6.07) is 5.29. The minimum absolute atomic E-state index is 0.0386. The molecule has 0 spiro atoms. The first-order valence-corrected chi connectivity index (χ1v) is 11.3. The molecule has 0 unspecified atom stereocenters. The van der Waals surface area contributed by atoms with Gasteiger partial charge in [0.1, 0.15) is 0 Å². The highest BCUT2D eigenvalue weighted by Gasteiger charge is 2.38. The van der Waals surface area contributed by atoms with Gasteiger partial charge in [-0.2, -0.15) is 0 Å². The monoisotopic (exact) mass is 393 g/mol. The van der Waals surface area contributed by atoms with E-state index in [1.54, 1.807) is 12.1 Å². The van der Waals surface area contributed by atoms with Crippen molar-refractivity contribution < 1.29 is 13.2 Å². The van der Waals surface area contributed by atoms with Crippen molar-refractivity contribution in [2.45, 2.75) is 77.0 Å². The fourth-order valence-corrected chi connectivity index (χ4v) is 6.21. The van der Waals surface area contributed by atoms with E-state index < -0.39 is 10.0 Å². The summed E-state index contributed by atoms with van der Waals surface area (Å²) in [6.07, 6.45) is 3.58. The number of anilines is 1. The van der Waals surface area contributed by atoms with Crippen LogP contribution >= 0.6 is 0 Å². The lowest BCUT2D eigenvalue weighted by atomic mass is 9.79. The Bertz CT molecular complexity index is 845. The Morgan fingerprint density at radius 2 is 1.78 bits per heavy atom. The largest absolute Gasteiger partial charge is 0.349 e. The van der Waals surface area contributed by atoms with Gasteiger partial charge < -0.3 is 10.6 Å². The number of sulfonamides is 1. The molecule has 0 radical (unpaired) electrons. The van der Waals surface area contributed by atoms with Crippen LogP contribution in [0.1, 0.15) is 63.4 Å². The van der Waals surface area contributed by atoms with Crippen molar-refractivity contribution in [1.29, 1.82) is 0 Å². The van der Waals surface area contributed by atoms with E-state index in [4.69, 9.17) is 0 Å². The first-order valence-electron chi connectivity index (χ1n) is 9.50. The highest BCUT2D eigenvalue weighted by atomic mass is 32.2.